The van der Waals surface area contributed by atoms with Crippen molar-refractivity contribution in [1.82, 2.24) is 15.5 Å². The Kier molecular flexibility index (Phi) is 10.6. The van der Waals surface area contributed by atoms with Crippen LogP contribution in [0.4, 0.5) is 17.6 Å². The van der Waals surface area contributed by atoms with E-state index in [9.17, 15) is 17.6 Å². The summed E-state index contributed by atoms with van der Waals surface area (Å²) in [6.07, 6.45) is -4.62. The predicted molar refractivity (Wildman–Crippen MR) is 116 cm³/mol. The monoisotopic (exact) mass is 532 g/mol. The predicted octanol–water partition coefficient (Wildman–Crippen LogP) is 3.48. The number of ether oxygens (including phenoxy) is 1. The fourth-order valence-electron chi connectivity index (χ4n) is 3.26. The zero-order chi connectivity index (χ0) is 20.7. The van der Waals surface area contributed by atoms with Gasteiger partial charge in [-0.3, -0.25) is 9.89 Å². The maximum Gasteiger partial charge on any atom is 0.416 e. The van der Waals surface area contributed by atoms with Gasteiger partial charge in [0.1, 0.15) is 5.82 Å². The van der Waals surface area contributed by atoms with E-state index in [4.69, 9.17) is 4.74 Å². The first-order valence-electron chi connectivity index (χ1n) is 9.34. The molecule has 1 saturated heterocycles. The van der Waals surface area contributed by atoms with Crippen molar-refractivity contribution >= 4 is 29.9 Å². The van der Waals surface area contributed by atoms with Crippen molar-refractivity contribution in [3.63, 3.8) is 0 Å². The molecule has 1 aliphatic rings. The van der Waals surface area contributed by atoms with E-state index >= 15 is 0 Å². The second-order valence-electron chi connectivity index (χ2n) is 7.07. The highest BCUT2D eigenvalue weighted by molar-refractivity contribution is 14.0. The van der Waals surface area contributed by atoms with Crippen molar-refractivity contribution in [3.05, 3.63) is 35.1 Å². The van der Waals surface area contributed by atoms with E-state index < -0.39 is 17.6 Å². The third-order valence-corrected chi connectivity index (χ3v) is 4.81. The Hall–Kier alpha value is -1.14. The van der Waals surface area contributed by atoms with Gasteiger partial charge in [0, 0.05) is 39.3 Å². The first-order valence-corrected chi connectivity index (χ1v) is 9.34. The van der Waals surface area contributed by atoms with Crippen LogP contribution in [0.1, 0.15) is 25.0 Å². The molecule has 0 spiro atoms. The van der Waals surface area contributed by atoms with Crippen LogP contribution in [-0.4, -0.2) is 56.8 Å². The summed E-state index contributed by atoms with van der Waals surface area (Å²) in [5, 5.41) is 6.08. The number of guanidine groups is 1. The van der Waals surface area contributed by atoms with Crippen LogP contribution in [0.15, 0.2) is 23.2 Å². The van der Waals surface area contributed by atoms with Crippen molar-refractivity contribution in [1.29, 1.82) is 0 Å². The molecule has 0 aromatic heterocycles. The van der Waals surface area contributed by atoms with Crippen molar-refractivity contribution in [3.8, 4) is 0 Å². The Balaban J connectivity index is 0.00000420. The lowest BCUT2D eigenvalue weighted by atomic mass is 10.0. The largest absolute Gasteiger partial charge is 0.416 e. The molecule has 1 aromatic carbocycles. The number of hydrogen-bond donors (Lipinski definition) is 2. The minimum Gasteiger partial charge on any atom is -0.379 e. The summed E-state index contributed by atoms with van der Waals surface area (Å²) in [5.74, 6) is -0.127. The van der Waals surface area contributed by atoms with E-state index in [1.54, 1.807) is 7.05 Å². The zero-order valence-electron chi connectivity index (χ0n) is 16.9. The lowest BCUT2D eigenvalue weighted by Crippen LogP contribution is -2.52. The Morgan fingerprint density at radius 3 is 2.41 bits per heavy atom. The highest BCUT2D eigenvalue weighted by Gasteiger charge is 2.33. The Bertz CT molecular complexity index is 664. The van der Waals surface area contributed by atoms with E-state index in [2.05, 4.69) is 34.4 Å². The van der Waals surface area contributed by atoms with Gasteiger partial charge in [-0.1, -0.05) is 19.9 Å². The summed E-state index contributed by atoms with van der Waals surface area (Å²) in [6.45, 7) is 7.84. The van der Waals surface area contributed by atoms with Crippen molar-refractivity contribution in [2.45, 2.75) is 32.6 Å². The SMILES string of the molecule is CN=C(NCc1ccc(F)cc1C(F)(F)F)NCC(C(C)C)N1CCOCC1.I. The molecule has 1 fully saturated rings. The van der Waals surface area contributed by atoms with E-state index in [0.717, 1.165) is 25.2 Å². The molecule has 1 aromatic rings. The fraction of sp³-hybridized carbons (Fsp3) is 0.632. The number of nitrogens with zero attached hydrogens (tertiary/aromatic N) is 2. The lowest BCUT2D eigenvalue weighted by molar-refractivity contribution is -0.138. The summed E-state index contributed by atoms with van der Waals surface area (Å²) in [5.41, 5.74) is -1.02. The van der Waals surface area contributed by atoms with Gasteiger partial charge in [0.15, 0.2) is 5.96 Å². The summed E-state index contributed by atoms with van der Waals surface area (Å²) < 4.78 is 58.0. The molecule has 1 atom stereocenters. The molecular formula is C19H29F4IN4O. The van der Waals surface area contributed by atoms with Crippen LogP contribution in [0.25, 0.3) is 0 Å². The molecule has 166 valence electrons. The summed E-state index contributed by atoms with van der Waals surface area (Å²) in [4.78, 5) is 6.43. The van der Waals surface area contributed by atoms with E-state index in [0.29, 0.717) is 37.7 Å². The summed E-state index contributed by atoms with van der Waals surface area (Å²) in [6, 6.07) is 2.93. The average molecular weight is 532 g/mol. The maximum absolute atomic E-state index is 13.2. The topological polar surface area (TPSA) is 48.9 Å². The van der Waals surface area contributed by atoms with Crippen LogP contribution >= 0.6 is 24.0 Å². The first kappa shape index (κ1) is 25.9. The van der Waals surface area contributed by atoms with Crippen LogP contribution in [-0.2, 0) is 17.5 Å². The number of morpholine rings is 1. The Labute approximate surface area is 186 Å². The molecule has 1 unspecified atom stereocenters. The number of rotatable bonds is 6. The number of alkyl halides is 3. The van der Waals surface area contributed by atoms with Gasteiger partial charge in [-0.15, -0.1) is 24.0 Å². The van der Waals surface area contributed by atoms with Gasteiger partial charge in [0.25, 0.3) is 0 Å². The molecule has 5 nitrogen and oxygen atoms in total. The van der Waals surface area contributed by atoms with Crippen molar-refractivity contribution < 1.29 is 22.3 Å². The van der Waals surface area contributed by atoms with Gasteiger partial charge in [-0.05, 0) is 23.6 Å². The molecule has 10 heteroatoms. The second kappa shape index (κ2) is 11.9. The highest BCUT2D eigenvalue weighted by atomic mass is 127. The smallest absolute Gasteiger partial charge is 0.379 e. The van der Waals surface area contributed by atoms with Gasteiger partial charge in [0.2, 0.25) is 0 Å². The number of aliphatic imine (C=N–C) groups is 1. The molecule has 0 saturated carbocycles. The molecule has 0 bridgehead atoms. The van der Waals surface area contributed by atoms with Crippen LogP contribution in [0, 0.1) is 11.7 Å². The number of halogens is 5. The first-order chi connectivity index (χ1) is 13.2. The normalized spacial score (nSPS) is 17.0. The van der Waals surface area contributed by atoms with Crippen LogP contribution in [0.5, 0.6) is 0 Å². The quantitative estimate of drug-likeness (QED) is 0.255. The van der Waals surface area contributed by atoms with Crippen LogP contribution in [0.3, 0.4) is 0 Å². The minimum atomic E-state index is -4.62. The summed E-state index contributed by atoms with van der Waals surface area (Å²) >= 11 is 0. The van der Waals surface area contributed by atoms with Crippen molar-refractivity contribution in [2.24, 2.45) is 10.9 Å². The third-order valence-electron chi connectivity index (χ3n) is 4.81. The number of hydrogen-bond acceptors (Lipinski definition) is 3. The summed E-state index contributed by atoms with van der Waals surface area (Å²) in [7, 11) is 1.56. The molecular weight excluding hydrogens is 503 g/mol. The van der Waals surface area contributed by atoms with E-state index in [1.807, 2.05) is 0 Å². The van der Waals surface area contributed by atoms with Gasteiger partial charge >= 0.3 is 6.18 Å². The Morgan fingerprint density at radius 1 is 1.21 bits per heavy atom. The van der Waals surface area contributed by atoms with Crippen LogP contribution in [0.2, 0.25) is 0 Å². The molecule has 0 amide bonds. The third kappa shape index (κ3) is 7.89. The Morgan fingerprint density at radius 2 is 1.86 bits per heavy atom. The van der Waals surface area contributed by atoms with Gasteiger partial charge in [0.05, 0.1) is 18.8 Å². The standard InChI is InChI=1S/C19H28F4N4O.HI/c1-13(2)17(27-6-8-28-9-7-27)12-26-18(24-3)25-11-14-4-5-15(20)10-16(14)19(21,22)23;/h4-5,10,13,17H,6-9,11-12H2,1-3H3,(H2,24,25,26);1H. The molecule has 0 radical (unpaired) electrons. The van der Waals surface area contributed by atoms with Crippen LogP contribution < -0.4 is 10.6 Å². The maximum atomic E-state index is 13.2. The fourth-order valence-corrected chi connectivity index (χ4v) is 3.26. The molecule has 0 aliphatic carbocycles. The average Bonchev–Trinajstić information content (AvgIpc) is 2.65. The number of nitrogens with one attached hydrogen (secondary N) is 2. The zero-order valence-corrected chi connectivity index (χ0v) is 19.2. The van der Waals surface area contributed by atoms with E-state index in [-0.39, 0.29) is 42.1 Å². The van der Waals surface area contributed by atoms with Crippen molar-refractivity contribution in [2.75, 3.05) is 39.9 Å². The number of benzene rings is 1. The van der Waals surface area contributed by atoms with E-state index in [1.165, 1.54) is 0 Å². The van der Waals surface area contributed by atoms with Gasteiger partial charge in [-0.25, -0.2) is 4.39 Å². The van der Waals surface area contributed by atoms with Gasteiger partial charge in [-0.2, -0.15) is 13.2 Å². The molecule has 1 heterocycles. The molecule has 2 N–H and O–H groups in total. The minimum absolute atomic E-state index is 0. The molecule has 2 rings (SSSR count). The highest BCUT2D eigenvalue weighted by Crippen LogP contribution is 2.32. The molecule has 1 aliphatic heterocycles. The lowest BCUT2D eigenvalue weighted by Gasteiger charge is -2.37. The molecule has 29 heavy (non-hydrogen) atoms. The van der Waals surface area contributed by atoms with Gasteiger partial charge < -0.3 is 15.4 Å². The second-order valence-corrected chi connectivity index (χ2v) is 7.07.